The van der Waals surface area contributed by atoms with Crippen LogP contribution in [0.1, 0.15) is 6.42 Å². The molecule has 8 nitrogen and oxygen atoms in total. The zero-order valence-electron chi connectivity index (χ0n) is 17.0. The van der Waals surface area contributed by atoms with Crippen molar-refractivity contribution in [1.82, 2.24) is 14.3 Å². The van der Waals surface area contributed by atoms with Crippen molar-refractivity contribution in [2.75, 3.05) is 25.2 Å². The van der Waals surface area contributed by atoms with Crippen LogP contribution in [0.2, 0.25) is 5.02 Å². The van der Waals surface area contributed by atoms with Gasteiger partial charge >= 0.3 is 0 Å². The molecule has 1 fully saturated rings. The highest BCUT2D eigenvalue weighted by Crippen LogP contribution is 2.38. The molecule has 1 saturated heterocycles. The number of alkyl halides is 1. The number of benzene rings is 2. The van der Waals surface area contributed by atoms with Gasteiger partial charge in [-0.2, -0.15) is 4.31 Å². The highest BCUT2D eigenvalue weighted by Gasteiger charge is 2.39. The Labute approximate surface area is 203 Å². The van der Waals surface area contributed by atoms with E-state index in [0.717, 1.165) is 0 Å². The van der Waals surface area contributed by atoms with Crippen LogP contribution in [-0.4, -0.2) is 52.8 Å². The van der Waals surface area contributed by atoms with E-state index in [0.29, 0.717) is 41.2 Å². The smallest absolute Gasteiger partial charge is 0.212 e. The number of rotatable bonds is 6. The van der Waals surface area contributed by atoms with Crippen molar-refractivity contribution in [3.05, 3.63) is 47.5 Å². The van der Waals surface area contributed by atoms with E-state index in [2.05, 4.69) is 37.9 Å². The number of nitrogens with zero attached hydrogens (tertiary/aromatic N) is 3. The third-order valence-electron chi connectivity index (χ3n) is 5.05. The second-order valence-electron chi connectivity index (χ2n) is 7.16. The van der Waals surface area contributed by atoms with Gasteiger partial charge in [-0.15, -0.1) is 0 Å². The molecule has 0 saturated carbocycles. The standard InChI is InChI=1S/C20H19ClFIN4O4S/c1-30-16-9-14-11(8-17(16)31-15-6-7-27(19(15)23)32(2,28)29)20(25-10-24-14)26-13-5-3-4-12(21)18(13)22/h3-5,8-10,15,19H,6-7H2,1-2H3,(H,24,25,26)/t15-,19?/m0/s1. The van der Waals surface area contributed by atoms with Gasteiger partial charge in [0.2, 0.25) is 10.0 Å². The summed E-state index contributed by atoms with van der Waals surface area (Å²) >= 11 is 7.95. The maximum absolute atomic E-state index is 14.4. The van der Waals surface area contributed by atoms with Gasteiger partial charge in [0.05, 0.1) is 29.6 Å². The maximum Gasteiger partial charge on any atom is 0.212 e. The summed E-state index contributed by atoms with van der Waals surface area (Å²) in [6.07, 6.45) is 2.70. The third-order valence-corrected chi connectivity index (χ3v) is 8.45. The van der Waals surface area contributed by atoms with Gasteiger partial charge in [0, 0.05) is 24.4 Å². The highest BCUT2D eigenvalue weighted by atomic mass is 127. The van der Waals surface area contributed by atoms with Crippen molar-refractivity contribution in [2.24, 2.45) is 0 Å². The number of nitrogens with one attached hydrogen (secondary N) is 1. The molecule has 1 unspecified atom stereocenters. The van der Waals surface area contributed by atoms with Gasteiger partial charge in [0.1, 0.15) is 22.3 Å². The first-order valence-electron chi connectivity index (χ1n) is 9.50. The van der Waals surface area contributed by atoms with Crippen molar-refractivity contribution in [3.8, 4) is 11.5 Å². The molecule has 0 aliphatic carbocycles. The quantitative estimate of drug-likeness (QED) is 0.259. The summed E-state index contributed by atoms with van der Waals surface area (Å²) in [5.74, 6) is 0.619. The molecule has 0 radical (unpaired) electrons. The zero-order chi connectivity index (χ0) is 23.0. The van der Waals surface area contributed by atoms with E-state index in [1.807, 2.05) is 0 Å². The molecule has 0 spiro atoms. The van der Waals surface area contributed by atoms with Crippen LogP contribution in [0, 0.1) is 5.82 Å². The van der Waals surface area contributed by atoms with Crippen molar-refractivity contribution in [3.63, 3.8) is 0 Å². The average Bonchev–Trinajstić information content (AvgIpc) is 3.12. The molecule has 0 bridgehead atoms. The Morgan fingerprint density at radius 1 is 1.28 bits per heavy atom. The second kappa shape index (κ2) is 9.12. The topological polar surface area (TPSA) is 93.7 Å². The number of halogens is 3. The number of hydrogen-bond acceptors (Lipinski definition) is 7. The number of fused-ring (bicyclic) bond motifs is 1. The Hall–Kier alpha value is -1.96. The molecule has 12 heteroatoms. The van der Waals surface area contributed by atoms with Crippen molar-refractivity contribution < 1.29 is 22.3 Å². The zero-order valence-corrected chi connectivity index (χ0v) is 20.8. The lowest BCUT2D eigenvalue weighted by Gasteiger charge is -2.23. The largest absolute Gasteiger partial charge is 0.493 e. The molecular weight excluding hydrogens is 574 g/mol. The summed E-state index contributed by atoms with van der Waals surface area (Å²) in [7, 11) is -1.83. The molecule has 1 aliphatic heterocycles. The second-order valence-corrected chi connectivity index (χ2v) is 10.8. The highest BCUT2D eigenvalue weighted by molar-refractivity contribution is 14.1. The van der Waals surface area contributed by atoms with Crippen LogP contribution in [0.5, 0.6) is 11.5 Å². The van der Waals surface area contributed by atoms with E-state index in [1.54, 1.807) is 24.3 Å². The molecule has 2 heterocycles. The first-order valence-corrected chi connectivity index (χ1v) is 13.0. The number of anilines is 2. The molecule has 2 aromatic carbocycles. The Balaban J connectivity index is 1.71. The Morgan fingerprint density at radius 3 is 2.75 bits per heavy atom. The average molecular weight is 593 g/mol. The predicted molar refractivity (Wildman–Crippen MR) is 129 cm³/mol. The van der Waals surface area contributed by atoms with Gasteiger partial charge in [-0.1, -0.05) is 40.3 Å². The molecule has 1 N–H and O–H groups in total. The van der Waals surface area contributed by atoms with E-state index in [1.165, 1.54) is 30.1 Å². The van der Waals surface area contributed by atoms with E-state index in [-0.39, 0.29) is 20.9 Å². The van der Waals surface area contributed by atoms with Gasteiger partial charge < -0.3 is 14.8 Å². The van der Waals surface area contributed by atoms with Crippen molar-refractivity contribution in [2.45, 2.75) is 16.6 Å². The van der Waals surface area contributed by atoms with Crippen LogP contribution in [-0.2, 0) is 10.0 Å². The van der Waals surface area contributed by atoms with E-state index in [9.17, 15) is 12.8 Å². The Morgan fingerprint density at radius 2 is 2.06 bits per heavy atom. The van der Waals surface area contributed by atoms with E-state index < -0.39 is 15.8 Å². The first kappa shape index (κ1) is 23.2. The minimum absolute atomic E-state index is 0.0104. The van der Waals surface area contributed by atoms with Crippen LogP contribution in [0.25, 0.3) is 10.9 Å². The molecule has 3 aromatic rings. The lowest BCUT2D eigenvalue weighted by molar-refractivity contribution is 0.200. The number of sulfonamides is 1. The SMILES string of the molecule is COc1cc2ncnc(Nc3cccc(Cl)c3F)c2cc1O[C@H]1CCN(S(C)(=O)=O)C1I. The molecular formula is C20H19ClFIN4O4S. The van der Waals surface area contributed by atoms with Gasteiger partial charge in [-0.3, -0.25) is 0 Å². The minimum Gasteiger partial charge on any atom is -0.493 e. The Kier molecular flexibility index (Phi) is 6.61. The summed E-state index contributed by atoms with van der Waals surface area (Å²) in [4.78, 5) is 8.51. The van der Waals surface area contributed by atoms with Gasteiger partial charge in [-0.25, -0.2) is 22.8 Å². The fourth-order valence-corrected chi connectivity index (χ4v) is 6.61. The summed E-state index contributed by atoms with van der Waals surface area (Å²) < 4.78 is 51.0. The lowest BCUT2D eigenvalue weighted by atomic mass is 10.2. The predicted octanol–water partition coefficient (Wildman–Crippen LogP) is 4.35. The van der Waals surface area contributed by atoms with E-state index in [4.69, 9.17) is 21.1 Å². The fourth-order valence-electron chi connectivity index (χ4n) is 3.47. The number of ether oxygens (including phenoxy) is 2. The van der Waals surface area contributed by atoms with Crippen LogP contribution < -0.4 is 14.8 Å². The van der Waals surface area contributed by atoms with Crippen LogP contribution in [0.3, 0.4) is 0 Å². The van der Waals surface area contributed by atoms with Crippen molar-refractivity contribution in [1.29, 1.82) is 0 Å². The molecule has 2 atom stereocenters. The van der Waals surface area contributed by atoms with Crippen LogP contribution in [0.15, 0.2) is 36.7 Å². The normalized spacial score (nSPS) is 19.3. The number of hydrogen-bond donors (Lipinski definition) is 1. The van der Waals surface area contributed by atoms with Gasteiger partial charge in [0.25, 0.3) is 0 Å². The Bertz CT molecular complexity index is 1280. The molecule has 1 aliphatic rings. The van der Waals surface area contributed by atoms with Crippen LogP contribution in [0.4, 0.5) is 15.9 Å². The monoisotopic (exact) mass is 592 g/mol. The first-order chi connectivity index (χ1) is 15.2. The molecule has 4 rings (SSSR count). The van der Waals surface area contributed by atoms with Gasteiger partial charge in [0.15, 0.2) is 17.3 Å². The molecule has 170 valence electrons. The summed E-state index contributed by atoms with van der Waals surface area (Å²) in [6.45, 7) is 0.372. The van der Waals surface area contributed by atoms with Crippen molar-refractivity contribution >= 4 is 66.6 Å². The third kappa shape index (κ3) is 4.56. The number of aromatic nitrogens is 2. The molecule has 0 amide bonds. The molecule has 1 aromatic heterocycles. The van der Waals surface area contributed by atoms with Crippen LogP contribution >= 0.6 is 34.2 Å². The van der Waals surface area contributed by atoms with Gasteiger partial charge in [-0.05, 0) is 18.2 Å². The maximum atomic E-state index is 14.4. The molecule has 32 heavy (non-hydrogen) atoms. The minimum atomic E-state index is -3.34. The van der Waals surface area contributed by atoms with E-state index >= 15 is 0 Å². The number of methoxy groups -OCH3 is 1. The summed E-state index contributed by atoms with van der Waals surface area (Å²) in [5.41, 5.74) is 0.729. The summed E-state index contributed by atoms with van der Waals surface area (Å²) in [5, 5.41) is 3.52. The summed E-state index contributed by atoms with van der Waals surface area (Å²) in [6, 6.07) is 8.03. The lowest BCUT2D eigenvalue weighted by Crippen LogP contribution is -2.36. The fraction of sp³-hybridized carbons (Fsp3) is 0.300.